The summed E-state index contributed by atoms with van der Waals surface area (Å²) in [5.41, 5.74) is 3.32. The minimum absolute atomic E-state index is 0.219. The number of nitrogens with one attached hydrogen (secondary N) is 1. The van der Waals surface area contributed by atoms with Crippen LogP contribution in [0.15, 0.2) is 48.8 Å². The van der Waals surface area contributed by atoms with Crippen molar-refractivity contribution in [3.05, 3.63) is 70.5 Å². The third-order valence-corrected chi connectivity index (χ3v) is 5.15. The predicted octanol–water partition coefficient (Wildman–Crippen LogP) is 3.81. The number of fused-ring (bicyclic) bond motifs is 1. The molecular formula is C19H17N5OS. The maximum absolute atomic E-state index is 12.5. The average Bonchev–Trinajstić information content (AvgIpc) is 3.18. The minimum atomic E-state index is -0.219. The Labute approximate surface area is 154 Å². The van der Waals surface area contributed by atoms with Crippen molar-refractivity contribution in [3.8, 4) is 0 Å². The van der Waals surface area contributed by atoms with Crippen LogP contribution in [0.25, 0.3) is 11.0 Å². The van der Waals surface area contributed by atoms with Crippen LogP contribution in [-0.2, 0) is 6.54 Å². The molecule has 4 rings (SSSR count). The number of pyridine rings is 1. The number of amides is 1. The molecule has 26 heavy (non-hydrogen) atoms. The van der Waals surface area contributed by atoms with E-state index in [0.29, 0.717) is 17.2 Å². The highest BCUT2D eigenvalue weighted by Gasteiger charge is 2.13. The van der Waals surface area contributed by atoms with Crippen LogP contribution in [0, 0.1) is 13.8 Å². The lowest BCUT2D eigenvalue weighted by atomic mass is 10.2. The zero-order valence-electron chi connectivity index (χ0n) is 14.4. The number of carbonyl (C=O) groups excluding carboxylic acids is 1. The normalized spacial score (nSPS) is 11.0. The predicted molar refractivity (Wildman–Crippen MR) is 103 cm³/mol. The van der Waals surface area contributed by atoms with Crippen LogP contribution >= 0.6 is 11.3 Å². The summed E-state index contributed by atoms with van der Waals surface area (Å²) >= 11 is 1.47. The van der Waals surface area contributed by atoms with Gasteiger partial charge in [-0.05, 0) is 25.5 Å². The molecule has 0 atom stereocenters. The summed E-state index contributed by atoms with van der Waals surface area (Å²) in [7, 11) is 0. The van der Waals surface area contributed by atoms with Gasteiger partial charge in [-0.25, -0.2) is 14.6 Å². The van der Waals surface area contributed by atoms with Gasteiger partial charge in [-0.15, -0.1) is 11.3 Å². The first-order chi connectivity index (χ1) is 12.6. The van der Waals surface area contributed by atoms with E-state index < -0.39 is 0 Å². The Kier molecular flexibility index (Phi) is 4.22. The van der Waals surface area contributed by atoms with E-state index in [2.05, 4.69) is 20.4 Å². The molecule has 0 saturated heterocycles. The number of hydrogen-bond acceptors (Lipinski definition) is 5. The molecule has 7 heteroatoms. The fourth-order valence-corrected chi connectivity index (χ4v) is 3.47. The lowest BCUT2D eigenvalue weighted by molar-refractivity contribution is 0.102. The van der Waals surface area contributed by atoms with Gasteiger partial charge in [0.05, 0.1) is 24.0 Å². The highest BCUT2D eigenvalue weighted by atomic mass is 32.1. The Balaban J connectivity index is 1.57. The number of carbonyl (C=O) groups is 1. The first-order valence-electron chi connectivity index (χ1n) is 8.21. The van der Waals surface area contributed by atoms with Crippen LogP contribution in [0.3, 0.4) is 0 Å². The molecule has 6 nitrogen and oxygen atoms in total. The Morgan fingerprint density at radius 2 is 2.00 bits per heavy atom. The number of benzene rings is 1. The van der Waals surface area contributed by atoms with E-state index in [0.717, 1.165) is 27.2 Å². The van der Waals surface area contributed by atoms with Crippen molar-refractivity contribution in [1.82, 2.24) is 19.7 Å². The quantitative estimate of drug-likeness (QED) is 0.598. The van der Waals surface area contributed by atoms with E-state index in [-0.39, 0.29) is 5.91 Å². The summed E-state index contributed by atoms with van der Waals surface area (Å²) in [6.45, 7) is 4.55. The van der Waals surface area contributed by atoms with Crippen molar-refractivity contribution >= 4 is 33.4 Å². The first-order valence-corrected chi connectivity index (χ1v) is 9.02. The van der Waals surface area contributed by atoms with E-state index in [1.165, 1.54) is 11.3 Å². The molecule has 0 aliphatic heterocycles. The molecule has 1 aromatic carbocycles. The second-order valence-electron chi connectivity index (χ2n) is 6.04. The van der Waals surface area contributed by atoms with Gasteiger partial charge in [0.1, 0.15) is 0 Å². The zero-order chi connectivity index (χ0) is 18.1. The van der Waals surface area contributed by atoms with Gasteiger partial charge in [-0.3, -0.25) is 10.1 Å². The summed E-state index contributed by atoms with van der Waals surface area (Å²) in [6.07, 6.45) is 3.31. The zero-order valence-corrected chi connectivity index (χ0v) is 15.2. The molecule has 0 aliphatic rings. The first kappa shape index (κ1) is 16.4. The summed E-state index contributed by atoms with van der Waals surface area (Å²) in [6, 6.07) is 11.9. The molecule has 3 aromatic heterocycles. The fourth-order valence-electron chi connectivity index (χ4n) is 2.66. The summed E-state index contributed by atoms with van der Waals surface area (Å²) in [5.74, 6) is -0.219. The van der Waals surface area contributed by atoms with Crippen LogP contribution < -0.4 is 5.32 Å². The molecule has 0 saturated carbocycles. The van der Waals surface area contributed by atoms with Crippen molar-refractivity contribution < 1.29 is 4.79 Å². The van der Waals surface area contributed by atoms with Gasteiger partial charge >= 0.3 is 0 Å². The van der Waals surface area contributed by atoms with E-state index in [4.69, 9.17) is 0 Å². The van der Waals surface area contributed by atoms with Crippen molar-refractivity contribution in [3.63, 3.8) is 0 Å². The van der Waals surface area contributed by atoms with Crippen molar-refractivity contribution in [1.29, 1.82) is 0 Å². The average molecular weight is 363 g/mol. The number of hydrogen-bond donors (Lipinski definition) is 1. The number of nitrogens with zero attached hydrogens (tertiary/aromatic N) is 4. The number of aryl methyl sites for hydroxylation is 2. The van der Waals surface area contributed by atoms with Crippen molar-refractivity contribution in [2.75, 3.05) is 5.32 Å². The minimum Gasteiger partial charge on any atom is -0.298 e. The number of aromatic nitrogens is 4. The van der Waals surface area contributed by atoms with Crippen LogP contribution in [0.5, 0.6) is 0 Å². The van der Waals surface area contributed by atoms with Gasteiger partial charge in [0.15, 0.2) is 10.8 Å². The standard InChI is InChI=1S/C19H17N5OS/c1-12-13(2)26-19(22-12)23-18(25)16-8-15-10-21-24(17(15)20-9-16)11-14-6-4-3-5-7-14/h3-10H,11H2,1-2H3,(H,22,23,25). The Bertz CT molecular complexity index is 1060. The van der Waals surface area contributed by atoms with Gasteiger partial charge in [0, 0.05) is 16.5 Å². The number of anilines is 1. The van der Waals surface area contributed by atoms with E-state index in [9.17, 15) is 4.79 Å². The molecule has 4 aromatic rings. The van der Waals surface area contributed by atoms with Crippen LogP contribution in [0.4, 0.5) is 5.13 Å². The summed E-state index contributed by atoms with van der Waals surface area (Å²) < 4.78 is 1.83. The maximum atomic E-state index is 12.5. The van der Waals surface area contributed by atoms with Crippen molar-refractivity contribution in [2.45, 2.75) is 20.4 Å². The third kappa shape index (κ3) is 3.21. The molecule has 0 aliphatic carbocycles. The van der Waals surface area contributed by atoms with Gasteiger partial charge in [-0.2, -0.15) is 5.10 Å². The molecule has 0 fully saturated rings. The Morgan fingerprint density at radius 3 is 2.73 bits per heavy atom. The lowest BCUT2D eigenvalue weighted by Crippen LogP contribution is -2.12. The van der Waals surface area contributed by atoms with Gasteiger partial charge in [-0.1, -0.05) is 30.3 Å². The molecule has 0 unspecified atom stereocenters. The van der Waals surface area contributed by atoms with E-state index >= 15 is 0 Å². The molecular weight excluding hydrogens is 346 g/mol. The van der Waals surface area contributed by atoms with Crippen molar-refractivity contribution in [2.24, 2.45) is 0 Å². The Hall–Kier alpha value is -3.06. The number of thiazole rings is 1. The highest BCUT2D eigenvalue weighted by Crippen LogP contribution is 2.22. The SMILES string of the molecule is Cc1nc(NC(=O)c2cnc3c(cnn3Cc3ccccc3)c2)sc1C. The van der Waals surface area contributed by atoms with Gasteiger partial charge in [0.25, 0.3) is 5.91 Å². The largest absolute Gasteiger partial charge is 0.298 e. The lowest BCUT2D eigenvalue weighted by Gasteiger charge is -2.04. The molecule has 0 bridgehead atoms. The summed E-state index contributed by atoms with van der Waals surface area (Å²) in [4.78, 5) is 22.3. The maximum Gasteiger partial charge on any atom is 0.259 e. The Morgan fingerprint density at radius 1 is 1.19 bits per heavy atom. The topological polar surface area (TPSA) is 72.7 Å². The summed E-state index contributed by atoms with van der Waals surface area (Å²) in [5, 5.41) is 8.67. The molecule has 1 amide bonds. The van der Waals surface area contributed by atoms with Crippen LogP contribution in [0.1, 0.15) is 26.5 Å². The second kappa shape index (κ2) is 6.68. The molecule has 130 valence electrons. The number of rotatable bonds is 4. The molecule has 0 spiro atoms. The fraction of sp³-hybridized carbons (Fsp3) is 0.158. The smallest absolute Gasteiger partial charge is 0.259 e. The van der Waals surface area contributed by atoms with E-state index in [1.807, 2.05) is 48.9 Å². The van der Waals surface area contributed by atoms with Crippen LogP contribution in [-0.4, -0.2) is 25.7 Å². The molecule has 1 N–H and O–H groups in total. The molecule has 0 radical (unpaired) electrons. The third-order valence-electron chi connectivity index (χ3n) is 4.16. The van der Waals surface area contributed by atoms with Gasteiger partial charge < -0.3 is 0 Å². The molecule has 3 heterocycles. The monoisotopic (exact) mass is 363 g/mol. The second-order valence-corrected chi connectivity index (χ2v) is 7.24. The van der Waals surface area contributed by atoms with Crippen LogP contribution in [0.2, 0.25) is 0 Å². The van der Waals surface area contributed by atoms with E-state index in [1.54, 1.807) is 18.5 Å². The van der Waals surface area contributed by atoms with Gasteiger partial charge in [0.2, 0.25) is 0 Å². The highest BCUT2D eigenvalue weighted by molar-refractivity contribution is 7.15.